The van der Waals surface area contributed by atoms with Crippen molar-refractivity contribution >= 4 is 16.8 Å². The van der Waals surface area contributed by atoms with Gasteiger partial charge in [0.05, 0.1) is 6.04 Å². The summed E-state index contributed by atoms with van der Waals surface area (Å²) in [6.07, 6.45) is 2.03. The van der Waals surface area contributed by atoms with Crippen molar-refractivity contribution in [3.05, 3.63) is 71.9 Å². The number of fused-ring (bicyclic) bond motifs is 1. The smallest absolute Gasteiger partial charge is 0.220 e. The van der Waals surface area contributed by atoms with Crippen LogP contribution in [0.2, 0.25) is 0 Å². The number of nitrogens with one attached hydrogen (secondary N) is 1. The summed E-state index contributed by atoms with van der Waals surface area (Å²) < 4.78 is 0. The molecule has 0 bridgehead atoms. The first-order valence-electron chi connectivity index (χ1n) is 7.61. The molecule has 0 aliphatic heterocycles. The maximum Gasteiger partial charge on any atom is 0.220 e. The van der Waals surface area contributed by atoms with Crippen LogP contribution in [0, 0.1) is 0 Å². The van der Waals surface area contributed by atoms with E-state index in [1.165, 1.54) is 0 Å². The van der Waals surface area contributed by atoms with Gasteiger partial charge in [0, 0.05) is 23.6 Å². The lowest BCUT2D eigenvalue weighted by Crippen LogP contribution is -2.28. The standard InChI is InChI=1S/C19H18N2O2/c1-2-16(22)21-17(13-7-4-3-5-8-13)15-11-10-14-9-6-12-20-18(14)19(15)23/h3-12,17,23H,2H2,1H3,(H,21,22). The minimum absolute atomic E-state index is 0.0700. The van der Waals surface area contributed by atoms with Crippen molar-refractivity contribution in [3.63, 3.8) is 0 Å². The second kappa shape index (κ2) is 6.48. The first kappa shape index (κ1) is 15.0. The minimum atomic E-state index is -0.407. The molecule has 0 saturated carbocycles. The molecule has 3 rings (SSSR count). The molecule has 1 unspecified atom stereocenters. The van der Waals surface area contributed by atoms with E-state index in [1.54, 1.807) is 13.1 Å². The largest absolute Gasteiger partial charge is 0.505 e. The van der Waals surface area contributed by atoms with E-state index in [4.69, 9.17) is 0 Å². The molecule has 1 atom stereocenters. The molecule has 1 heterocycles. The Balaban J connectivity index is 2.13. The van der Waals surface area contributed by atoms with E-state index in [2.05, 4.69) is 10.3 Å². The molecule has 0 radical (unpaired) electrons. The van der Waals surface area contributed by atoms with Crippen molar-refractivity contribution in [3.8, 4) is 5.75 Å². The van der Waals surface area contributed by atoms with Gasteiger partial charge < -0.3 is 10.4 Å². The number of benzene rings is 2. The molecular weight excluding hydrogens is 288 g/mol. The lowest BCUT2D eigenvalue weighted by molar-refractivity contribution is -0.121. The van der Waals surface area contributed by atoms with Crippen LogP contribution in [0.1, 0.15) is 30.5 Å². The number of nitrogens with zero attached hydrogens (tertiary/aromatic N) is 1. The highest BCUT2D eigenvalue weighted by Gasteiger charge is 2.21. The lowest BCUT2D eigenvalue weighted by atomic mass is 9.96. The molecule has 2 aromatic carbocycles. The number of phenolic OH excluding ortho intramolecular Hbond substituents is 1. The van der Waals surface area contributed by atoms with E-state index in [-0.39, 0.29) is 11.7 Å². The third kappa shape index (κ3) is 3.01. The zero-order valence-electron chi connectivity index (χ0n) is 12.9. The summed E-state index contributed by atoms with van der Waals surface area (Å²) >= 11 is 0. The van der Waals surface area contributed by atoms with E-state index in [9.17, 15) is 9.90 Å². The maximum atomic E-state index is 11.9. The Kier molecular flexibility index (Phi) is 4.24. The van der Waals surface area contributed by atoms with Crippen LogP contribution in [0.4, 0.5) is 0 Å². The Bertz CT molecular complexity index is 831. The summed E-state index contributed by atoms with van der Waals surface area (Å²) in [6, 6.07) is 16.7. The second-order valence-electron chi connectivity index (χ2n) is 5.34. The number of hydrogen-bond donors (Lipinski definition) is 2. The fraction of sp³-hybridized carbons (Fsp3) is 0.158. The predicted octanol–water partition coefficient (Wildman–Crippen LogP) is 3.56. The van der Waals surface area contributed by atoms with Crippen molar-refractivity contribution in [1.29, 1.82) is 0 Å². The molecule has 0 saturated heterocycles. The molecule has 0 aliphatic carbocycles. The van der Waals surface area contributed by atoms with Crippen LogP contribution in [0.5, 0.6) is 5.75 Å². The normalized spacial score (nSPS) is 12.0. The quantitative estimate of drug-likeness (QED) is 0.775. The van der Waals surface area contributed by atoms with Crippen molar-refractivity contribution in [2.45, 2.75) is 19.4 Å². The Hall–Kier alpha value is -2.88. The van der Waals surface area contributed by atoms with Gasteiger partial charge in [0.15, 0.2) is 0 Å². The molecule has 0 spiro atoms. The van der Waals surface area contributed by atoms with Crippen LogP contribution in [0.25, 0.3) is 10.9 Å². The van der Waals surface area contributed by atoms with Gasteiger partial charge >= 0.3 is 0 Å². The molecule has 0 fully saturated rings. The van der Waals surface area contributed by atoms with E-state index in [0.717, 1.165) is 10.9 Å². The number of rotatable bonds is 4. The first-order chi connectivity index (χ1) is 11.2. The maximum absolute atomic E-state index is 11.9. The highest BCUT2D eigenvalue weighted by atomic mass is 16.3. The van der Waals surface area contributed by atoms with Crippen molar-refractivity contribution in [2.75, 3.05) is 0 Å². The van der Waals surface area contributed by atoms with Crippen LogP contribution in [-0.2, 0) is 4.79 Å². The zero-order valence-corrected chi connectivity index (χ0v) is 12.9. The Labute approximate surface area is 134 Å². The topological polar surface area (TPSA) is 62.2 Å². The van der Waals surface area contributed by atoms with Crippen molar-refractivity contribution in [2.24, 2.45) is 0 Å². The summed E-state index contributed by atoms with van der Waals surface area (Å²) in [5.74, 6) is 0.0349. The van der Waals surface area contributed by atoms with E-state index in [1.807, 2.05) is 54.6 Å². The number of aromatic nitrogens is 1. The molecule has 0 aliphatic rings. The number of carbonyl (C=O) groups is 1. The van der Waals surface area contributed by atoms with Gasteiger partial charge in [0.1, 0.15) is 11.3 Å². The molecular formula is C19H18N2O2. The van der Waals surface area contributed by atoms with Crippen molar-refractivity contribution < 1.29 is 9.90 Å². The Morgan fingerprint density at radius 1 is 1.13 bits per heavy atom. The number of pyridine rings is 1. The first-order valence-corrected chi connectivity index (χ1v) is 7.61. The van der Waals surface area contributed by atoms with Gasteiger partial charge in [-0.1, -0.05) is 55.5 Å². The van der Waals surface area contributed by atoms with E-state index in [0.29, 0.717) is 17.5 Å². The number of hydrogen-bond acceptors (Lipinski definition) is 3. The summed E-state index contributed by atoms with van der Waals surface area (Å²) in [6.45, 7) is 1.80. The molecule has 4 nitrogen and oxygen atoms in total. The molecule has 116 valence electrons. The molecule has 1 amide bonds. The number of carbonyl (C=O) groups excluding carboxylic acids is 1. The third-order valence-corrected chi connectivity index (χ3v) is 3.85. The van der Waals surface area contributed by atoms with Gasteiger partial charge in [-0.3, -0.25) is 9.78 Å². The fourth-order valence-corrected chi connectivity index (χ4v) is 2.63. The molecule has 1 aromatic heterocycles. The average molecular weight is 306 g/mol. The van der Waals surface area contributed by atoms with Crippen LogP contribution in [0.15, 0.2) is 60.8 Å². The molecule has 3 aromatic rings. The molecule has 23 heavy (non-hydrogen) atoms. The highest BCUT2D eigenvalue weighted by molar-refractivity contribution is 5.86. The SMILES string of the molecule is CCC(=O)NC(c1ccccc1)c1ccc2cccnc2c1O. The van der Waals surface area contributed by atoms with Gasteiger partial charge in [-0.05, 0) is 11.6 Å². The highest BCUT2D eigenvalue weighted by Crippen LogP contribution is 2.34. The van der Waals surface area contributed by atoms with Gasteiger partial charge in [-0.2, -0.15) is 0 Å². The van der Waals surface area contributed by atoms with Crippen molar-refractivity contribution in [1.82, 2.24) is 10.3 Å². The monoisotopic (exact) mass is 306 g/mol. The summed E-state index contributed by atoms with van der Waals surface area (Å²) in [4.78, 5) is 16.2. The number of aromatic hydroxyl groups is 1. The van der Waals surface area contributed by atoms with Gasteiger partial charge in [-0.25, -0.2) is 0 Å². The molecule has 4 heteroatoms. The van der Waals surface area contributed by atoms with Gasteiger partial charge in [-0.15, -0.1) is 0 Å². The average Bonchev–Trinajstić information content (AvgIpc) is 2.61. The van der Waals surface area contributed by atoms with Crippen LogP contribution in [0.3, 0.4) is 0 Å². The summed E-state index contributed by atoms with van der Waals surface area (Å²) in [7, 11) is 0. The van der Waals surface area contributed by atoms with Gasteiger partial charge in [0.2, 0.25) is 5.91 Å². The lowest BCUT2D eigenvalue weighted by Gasteiger charge is -2.21. The van der Waals surface area contributed by atoms with Gasteiger partial charge in [0.25, 0.3) is 0 Å². The summed E-state index contributed by atoms with van der Waals surface area (Å²) in [5.41, 5.74) is 2.10. The van der Waals surface area contributed by atoms with E-state index < -0.39 is 6.04 Å². The number of amides is 1. The zero-order chi connectivity index (χ0) is 16.2. The fourth-order valence-electron chi connectivity index (χ4n) is 2.63. The minimum Gasteiger partial charge on any atom is -0.505 e. The Morgan fingerprint density at radius 3 is 2.65 bits per heavy atom. The third-order valence-electron chi connectivity index (χ3n) is 3.85. The number of phenols is 1. The van der Waals surface area contributed by atoms with E-state index >= 15 is 0 Å². The molecule has 2 N–H and O–H groups in total. The second-order valence-corrected chi connectivity index (χ2v) is 5.34. The van der Waals surface area contributed by atoms with Crippen LogP contribution in [-0.4, -0.2) is 16.0 Å². The van der Waals surface area contributed by atoms with Crippen LogP contribution < -0.4 is 5.32 Å². The van der Waals surface area contributed by atoms with Crippen LogP contribution >= 0.6 is 0 Å². The summed E-state index contributed by atoms with van der Waals surface area (Å²) in [5, 5.41) is 14.5. The Morgan fingerprint density at radius 2 is 1.91 bits per heavy atom. The predicted molar refractivity (Wildman–Crippen MR) is 90.1 cm³/mol.